The van der Waals surface area contributed by atoms with Gasteiger partial charge in [0.15, 0.2) is 0 Å². The number of nitrogens with one attached hydrogen (secondary N) is 3. The first-order valence-electron chi connectivity index (χ1n) is 8.26. The average Bonchev–Trinajstić information content (AvgIpc) is 3.18. The topological polar surface area (TPSA) is 70.2 Å². The molecule has 3 rings (SSSR count). The van der Waals surface area contributed by atoms with E-state index < -0.39 is 0 Å². The van der Waals surface area contributed by atoms with Crippen LogP contribution in [0.5, 0.6) is 0 Å². The highest BCUT2D eigenvalue weighted by Gasteiger charge is 2.22. The highest BCUT2D eigenvalue weighted by molar-refractivity contribution is 7.99. The van der Waals surface area contributed by atoms with E-state index in [2.05, 4.69) is 16.0 Å². The molecule has 3 N–H and O–H groups in total. The zero-order chi connectivity index (χ0) is 17.5. The molecule has 1 fully saturated rings. The van der Waals surface area contributed by atoms with E-state index in [9.17, 15) is 9.59 Å². The van der Waals surface area contributed by atoms with Gasteiger partial charge in [-0.25, -0.2) is 0 Å². The van der Waals surface area contributed by atoms with Crippen LogP contribution < -0.4 is 16.0 Å². The van der Waals surface area contributed by atoms with Crippen LogP contribution in [-0.2, 0) is 11.2 Å². The van der Waals surface area contributed by atoms with Crippen molar-refractivity contribution in [3.05, 3.63) is 65.7 Å². The fourth-order valence-electron chi connectivity index (χ4n) is 2.57. The second kappa shape index (κ2) is 8.69. The number of rotatable bonds is 6. The standard InChI is InChI=1S/C19H21N3O2S/c23-18(20-11-10-14-4-2-1-3-5-14)15-6-8-16(9-7-15)22-19(24)17-12-25-13-21-17/h1-9,17,21H,10-13H2,(H,20,23)(H,22,24). The maximum atomic E-state index is 12.2. The molecule has 130 valence electrons. The molecule has 0 spiro atoms. The first-order valence-corrected chi connectivity index (χ1v) is 9.42. The number of carbonyl (C=O) groups excluding carboxylic acids is 2. The van der Waals surface area contributed by atoms with Gasteiger partial charge < -0.3 is 10.6 Å². The van der Waals surface area contributed by atoms with Crippen LogP contribution in [0.4, 0.5) is 5.69 Å². The summed E-state index contributed by atoms with van der Waals surface area (Å²) in [6.45, 7) is 0.590. The highest BCUT2D eigenvalue weighted by Crippen LogP contribution is 2.14. The lowest BCUT2D eigenvalue weighted by molar-refractivity contribution is -0.117. The number of benzene rings is 2. The summed E-state index contributed by atoms with van der Waals surface area (Å²) in [6, 6.07) is 16.9. The number of thioether (sulfide) groups is 1. The second-order valence-corrected chi connectivity index (χ2v) is 6.86. The second-order valence-electron chi connectivity index (χ2n) is 5.83. The van der Waals surface area contributed by atoms with Gasteiger partial charge in [0.05, 0.1) is 6.04 Å². The van der Waals surface area contributed by atoms with Gasteiger partial charge in [-0.15, -0.1) is 11.8 Å². The Bertz CT molecular complexity index is 713. The molecule has 0 aliphatic carbocycles. The fourth-order valence-corrected chi connectivity index (χ4v) is 3.51. The van der Waals surface area contributed by atoms with E-state index in [0.29, 0.717) is 17.8 Å². The summed E-state index contributed by atoms with van der Waals surface area (Å²) in [6.07, 6.45) is 0.799. The molecule has 25 heavy (non-hydrogen) atoms. The van der Waals surface area contributed by atoms with Crippen LogP contribution in [-0.4, -0.2) is 36.0 Å². The Morgan fingerprint density at radius 3 is 2.52 bits per heavy atom. The third-order valence-electron chi connectivity index (χ3n) is 3.99. The van der Waals surface area contributed by atoms with Crippen molar-refractivity contribution in [1.29, 1.82) is 0 Å². The molecule has 1 heterocycles. The number of anilines is 1. The van der Waals surface area contributed by atoms with Gasteiger partial charge in [-0.05, 0) is 36.2 Å². The molecule has 1 aliphatic heterocycles. The summed E-state index contributed by atoms with van der Waals surface area (Å²) >= 11 is 1.71. The molecule has 1 unspecified atom stereocenters. The van der Waals surface area contributed by atoms with Gasteiger partial charge in [0.1, 0.15) is 0 Å². The first kappa shape index (κ1) is 17.5. The van der Waals surface area contributed by atoms with Crippen LogP contribution in [0.3, 0.4) is 0 Å². The zero-order valence-corrected chi connectivity index (χ0v) is 14.6. The SMILES string of the molecule is O=C(NCCc1ccccc1)c1ccc(NC(=O)C2CSCN2)cc1. The van der Waals surface area contributed by atoms with Crippen molar-refractivity contribution in [3.63, 3.8) is 0 Å². The van der Waals surface area contributed by atoms with E-state index >= 15 is 0 Å². The summed E-state index contributed by atoms with van der Waals surface area (Å²) < 4.78 is 0. The molecule has 0 radical (unpaired) electrons. The van der Waals surface area contributed by atoms with Crippen molar-refractivity contribution in [2.24, 2.45) is 0 Å². The Labute approximate surface area is 151 Å². The molecule has 5 nitrogen and oxygen atoms in total. The molecular formula is C19H21N3O2S. The van der Waals surface area contributed by atoms with Crippen molar-refractivity contribution >= 4 is 29.3 Å². The van der Waals surface area contributed by atoms with Crippen LogP contribution in [0.25, 0.3) is 0 Å². The third-order valence-corrected chi connectivity index (χ3v) is 4.93. The summed E-state index contributed by atoms with van der Waals surface area (Å²) in [7, 11) is 0. The highest BCUT2D eigenvalue weighted by atomic mass is 32.2. The van der Waals surface area contributed by atoms with Crippen molar-refractivity contribution in [2.75, 3.05) is 23.5 Å². The van der Waals surface area contributed by atoms with Gasteiger partial charge in [0.2, 0.25) is 5.91 Å². The van der Waals surface area contributed by atoms with E-state index in [-0.39, 0.29) is 17.9 Å². The van der Waals surface area contributed by atoms with Crippen LogP contribution in [0, 0.1) is 0 Å². The summed E-state index contributed by atoms with van der Waals surface area (Å²) in [5.74, 6) is 1.45. The average molecular weight is 355 g/mol. The maximum absolute atomic E-state index is 12.2. The fraction of sp³-hybridized carbons (Fsp3) is 0.263. The molecule has 1 saturated heterocycles. The molecule has 0 aromatic heterocycles. The van der Waals surface area contributed by atoms with E-state index in [1.54, 1.807) is 36.0 Å². The lowest BCUT2D eigenvalue weighted by Crippen LogP contribution is -2.37. The predicted molar refractivity (Wildman–Crippen MR) is 102 cm³/mol. The van der Waals surface area contributed by atoms with Crippen molar-refractivity contribution < 1.29 is 9.59 Å². The van der Waals surface area contributed by atoms with Gasteiger partial charge in [-0.1, -0.05) is 30.3 Å². The lowest BCUT2D eigenvalue weighted by atomic mass is 10.1. The maximum Gasteiger partial charge on any atom is 0.251 e. The van der Waals surface area contributed by atoms with Crippen LogP contribution >= 0.6 is 11.8 Å². The molecule has 0 saturated carbocycles. The molecule has 0 bridgehead atoms. The molecule has 1 atom stereocenters. The molecule has 1 aliphatic rings. The summed E-state index contributed by atoms with van der Waals surface area (Å²) in [5, 5.41) is 8.91. The minimum atomic E-state index is -0.147. The molecule has 2 aromatic rings. The van der Waals surface area contributed by atoms with E-state index in [1.165, 1.54) is 5.56 Å². The van der Waals surface area contributed by atoms with Crippen LogP contribution in [0.2, 0.25) is 0 Å². The number of amides is 2. The van der Waals surface area contributed by atoms with Crippen molar-refractivity contribution in [3.8, 4) is 0 Å². The normalized spacial score (nSPS) is 16.4. The van der Waals surface area contributed by atoms with E-state index in [4.69, 9.17) is 0 Å². The van der Waals surface area contributed by atoms with Crippen molar-refractivity contribution in [2.45, 2.75) is 12.5 Å². The van der Waals surface area contributed by atoms with Gasteiger partial charge in [-0.3, -0.25) is 14.9 Å². The van der Waals surface area contributed by atoms with E-state index in [0.717, 1.165) is 18.1 Å². The molecular weight excluding hydrogens is 334 g/mol. The minimum Gasteiger partial charge on any atom is -0.352 e. The largest absolute Gasteiger partial charge is 0.352 e. The summed E-state index contributed by atoms with van der Waals surface area (Å²) in [4.78, 5) is 24.2. The zero-order valence-electron chi connectivity index (χ0n) is 13.8. The molecule has 6 heteroatoms. The Balaban J connectivity index is 1.47. The third kappa shape index (κ3) is 5.08. The van der Waals surface area contributed by atoms with Crippen LogP contribution in [0.15, 0.2) is 54.6 Å². The van der Waals surface area contributed by atoms with Gasteiger partial charge in [0, 0.05) is 29.4 Å². The number of carbonyl (C=O) groups is 2. The number of hydrogen-bond donors (Lipinski definition) is 3. The van der Waals surface area contributed by atoms with Gasteiger partial charge in [0.25, 0.3) is 5.91 Å². The first-order chi connectivity index (χ1) is 12.2. The van der Waals surface area contributed by atoms with Crippen LogP contribution in [0.1, 0.15) is 15.9 Å². The Morgan fingerprint density at radius 2 is 1.84 bits per heavy atom. The Kier molecular flexibility index (Phi) is 6.09. The number of hydrogen-bond acceptors (Lipinski definition) is 4. The smallest absolute Gasteiger partial charge is 0.251 e. The predicted octanol–water partition coefficient (Wildman–Crippen LogP) is 2.26. The van der Waals surface area contributed by atoms with Gasteiger partial charge >= 0.3 is 0 Å². The van der Waals surface area contributed by atoms with E-state index in [1.807, 2.05) is 30.3 Å². The van der Waals surface area contributed by atoms with Gasteiger partial charge in [-0.2, -0.15) is 0 Å². The molecule has 2 aromatic carbocycles. The monoisotopic (exact) mass is 355 g/mol. The minimum absolute atomic E-state index is 0.0370. The Morgan fingerprint density at radius 1 is 1.08 bits per heavy atom. The summed E-state index contributed by atoms with van der Waals surface area (Å²) in [5.41, 5.74) is 2.48. The molecule has 2 amide bonds. The quantitative estimate of drug-likeness (QED) is 0.743. The lowest BCUT2D eigenvalue weighted by Gasteiger charge is -2.11. The van der Waals surface area contributed by atoms with Crippen molar-refractivity contribution in [1.82, 2.24) is 10.6 Å². The Hall–Kier alpha value is -2.31.